The van der Waals surface area contributed by atoms with Gasteiger partial charge in [0.15, 0.2) is 0 Å². The molecule has 0 aliphatic carbocycles. The van der Waals surface area contributed by atoms with Crippen molar-refractivity contribution in [1.82, 2.24) is 4.68 Å². The van der Waals surface area contributed by atoms with Crippen LogP contribution in [0.15, 0.2) is 54.6 Å². The molecular formula is C23H22ClN3O4. The number of hydrogen-bond donors (Lipinski definition) is 3. The van der Waals surface area contributed by atoms with Gasteiger partial charge in [0, 0.05) is 28.4 Å². The van der Waals surface area contributed by atoms with Gasteiger partial charge in [-0.25, -0.2) is 0 Å². The molecule has 2 aromatic carbocycles. The molecule has 1 heterocycles. The van der Waals surface area contributed by atoms with Crippen molar-refractivity contribution in [2.24, 2.45) is 0 Å². The van der Waals surface area contributed by atoms with Crippen molar-refractivity contribution >= 4 is 35.1 Å². The highest BCUT2D eigenvalue weighted by Crippen LogP contribution is 2.24. The van der Waals surface area contributed by atoms with Crippen LogP contribution < -0.4 is 10.7 Å². The lowest BCUT2D eigenvalue weighted by Crippen LogP contribution is -2.35. The number of halogens is 1. The van der Waals surface area contributed by atoms with Crippen LogP contribution >= 0.6 is 11.6 Å². The van der Waals surface area contributed by atoms with E-state index in [4.69, 9.17) is 16.7 Å². The second-order valence-corrected chi connectivity index (χ2v) is 7.58. The Morgan fingerprint density at radius 3 is 2.29 bits per heavy atom. The standard InChI is InChI=1S/C23H22ClN3O4/c1-14-3-8-18(13-15(14)2)25-22(30)23(31)26-27-19(10-12-21(28)29)9-11-20(27)16-4-6-17(24)7-5-16/h3-9,11,13H,10,12H2,1-2H3,(H,25,30)(H,26,31)(H,28,29). The highest BCUT2D eigenvalue weighted by Gasteiger charge is 2.19. The van der Waals surface area contributed by atoms with Gasteiger partial charge in [-0.1, -0.05) is 29.8 Å². The lowest BCUT2D eigenvalue weighted by atomic mass is 10.1. The molecular weight excluding hydrogens is 418 g/mol. The summed E-state index contributed by atoms with van der Waals surface area (Å²) in [5.41, 5.74) is 7.07. The Morgan fingerprint density at radius 2 is 1.65 bits per heavy atom. The van der Waals surface area contributed by atoms with Crippen LogP contribution in [0.25, 0.3) is 11.3 Å². The molecule has 0 atom stereocenters. The summed E-state index contributed by atoms with van der Waals surface area (Å²) in [6, 6.07) is 15.8. The molecule has 3 N–H and O–H groups in total. The Hall–Kier alpha value is -3.58. The molecule has 1 aromatic heterocycles. The number of hydrogen-bond acceptors (Lipinski definition) is 3. The van der Waals surface area contributed by atoms with Crippen molar-refractivity contribution in [2.45, 2.75) is 26.7 Å². The quantitative estimate of drug-likeness (QED) is 0.502. The number of amides is 2. The van der Waals surface area contributed by atoms with E-state index in [1.54, 1.807) is 48.5 Å². The summed E-state index contributed by atoms with van der Waals surface area (Å²) in [4.78, 5) is 36.1. The molecule has 0 bridgehead atoms. The van der Waals surface area contributed by atoms with Gasteiger partial charge in [0.05, 0.1) is 12.1 Å². The number of rotatable bonds is 6. The van der Waals surface area contributed by atoms with Gasteiger partial charge in [-0.3, -0.25) is 24.5 Å². The first-order valence-electron chi connectivity index (χ1n) is 9.62. The predicted molar refractivity (Wildman–Crippen MR) is 120 cm³/mol. The highest BCUT2D eigenvalue weighted by molar-refractivity contribution is 6.42. The first-order chi connectivity index (χ1) is 14.7. The van der Waals surface area contributed by atoms with Crippen LogP contribution in [0.1, 0.15) is 23.2 Å². The van der Waals surface area contributed by atoms with E-state index in [0.29, 0.717) is 22.1 Å². The smallest absolute Gasteiger partial charge is 0.328 e. The van der Waals surface area contributed by atoms with Crippen LogP contribution in [0.4, 0.5) is 5.69 Å². The Balaban J connectivity index is 1.84. The summed E-state index contributed by atoms with van der Waals surface area (Å²) in [5.74, 6) is -2.66. The molecule has 2 amide bonds. The molecule has 0 fully saturated rings. The van der Waals surface area contributed by atoms with E-state index in [1.807, 2.05) is 19.9 Å². The van der Waals surface area contributed by atoms with Gasteiger partial charge >= 0.3 is 17.8 Å². The van der Waals surface area contributed by atoms with Crippen molar-refractivity contribution in [3.63, 3.8) is 0 Å². The number of nitrogens with one attached hydrogen (secondary N) is 2. The summed E-state index contributed by atoms with van der Waals surface area (Å²) >= 11 is 5.96. The van der Waals surface area contributed by atoms with E-state index in [2.05, 4.69) is 10.7 Å². The topological polar surface area (TPSA) is 100 Å². The molecule has 0 saturated carbocycles. The number of nitrogens with zero attached hydrogens (tertiary/aromatic N) is 1. The summed E-state index contributed by atoms with van der Waals surface area (Å²) in [6.45, 7) is 3.87. The maximum absolute atomic E-state index is 12.6. The third-order valence-corrected chi connectivity index (χ3v) is 5.13. The molecule has 160 valence electrons. The Bertz CT molecular complexity index is 1140. The van der Waals surface area contributed by atoms with E-state index in [9.17, 15) is 14.4 Å². The minimum Gasteiger partial charge on any atom is -0.481 e. The number of aryl methyl sites for hydroxylation is 3. The van der Waals surface area contributed by atoms with Crippen LogP contribution in [0.2, 0.25) is 5.02 Å². The summed E-state index contributed by atoms with van der Waals surface area (Å²) in [7, 11) is 0. The van der Waals surface area contributed by atoms with E-state index < -0.39 is 17.8 Å². The maximum atomic E-state index is 12.6. The molecule has 0 spiro atoms. The average Bonchev–Trinajstić information content (AvgIpc) is 3.12. The van der Waals surface area contributed by atoms with Crippen molar-refractivity contribution in [3.8, 4) is 11.3 Å². The number of carboxylic acids is 1. The molecule has 3 rings (SSSR count). The molecule has 7 nitrogen and oxygen atoms in total. The molecule has 0 aliphatic heterocycles. The number of aliphatic carboxylic acids is 1. The van der Waals surface area contributed by atoms with Gasteiger partial charge in [0.2, 0.25) is 0 Å². The first-order valence-corrected chi connectivity index (χ1v) is 10.0. The fraction of sp³-hybridized carbons (Fsp3) is 0.174. The third kappa shape index (κ3) is 5.52. The van der Waals surface area contributed by atoms with Crippen molar-refractivity contribution < 1.29 is 19.5 Å². The van der Waals surface area contributed by atoms with E-state index in [0.717, 1.165) is 16.7 Å². The Kier molecular flexibility index (Phi) is 6.77. The Morgan fingerprint density at radius 1 is 0.935 bits per heavy atom. The van der Waals surface area contributed by atoms with E-state index >= 15 is 0 Å². The average molecular weight is 440 g/mol. The van der Waals surface area contributed by atoms with Crippen LogP contribution in [-0.4, -0.2) is 27.6 Å². The SMILES string of the molecule is Cc1ccc(NC(=O)C(=O)Nn2c(CCC(=O)O)ccc2-c2ccc(Cl)cc2)cc1C. The molecule has 0 unspecified atom stereocenters. The van der Waals surface area contributed by atoms with E-state index in [-0.39, 0.29) is 12.8 Å². The third-order valence-electron chi connectivity index (χ3n) is 4.88. The zero-order valence-electron chi connectivity index (χ0n) is 17.1. The number of carbonyl (C=O) groups excluding carboxylic acids is 2. The predicted octanol–water partition coefficient (Wildman–Crippen LogP) is 4.15. The fourth-order valence-electron chi connectivity index (χ4n) is 3.05. The van der Waals surface area contributed by atoms with Gasteiger partial charge in [-0.05, 0) is 61.4 Å². The summed E-state index contributed by atoms with van der Waals surface area (Å²) < 4.78 is 1.44. The van der Waals surface area contributed by atoms with Gasteiger partial charge in [-0.15, -0.1) is 0 Å². The van der Waals surface area contributed by atoms with Gasteiger partial charge < -0.3 is 10.4 Å². The molecule has 8 heteroatoms. The number of carboxylic acid groups (broad SMARTS) is 1. The van der Waals surface area contributed by atoms with Crippen molar-refractivity contribution in [3.05, 3.63) is 76.4 Å². The largest absolute Gasteiger partial charge is 0.481 e. The second kappa shape index (κ2) is 9.49. The lowest BCUT2D eigenvalue weighted by Gasteiger charge is -2.15. The number of carbonyl (C=O) groups is 3. The molecule has 0 radical (unpaired) electrons. The highest BCUT2D eigenvalue weighted by atomic mass is 35.5. The van der Waals surface area contributed by atoms with Gasteiger partial charge in [0.1, 0.15) is 0 Å². The lowest BCUT2D eigenvalue weighted by molar-refractivity contribution is -0.137. The molecule has 0 aliphatic rings. The summed E-state index contributed by atoms with van der Waals surface area (Å²) in [6.07, 6.45) is 0.0662. The monoisotopic (exact) mass is 439 g/mol. The van der Waals surface area contributed by atoms with Crippen LogP contribution in [0.5, 0.6) is 0 Å². The number of anilines is 1. The Labute approximate surface area is 184 Å². The molecule has 31 heavy (non-hydrogen) atoms. The zero-order valence-corrected chi connectivity index (χ0v) is 17.9. The zero-order chi connectivity index (χ0) is 22.5. The van der Waals surface area contributed by atoms with Crippen LogP contribution in [-0.2, 0) is 20.8 Å². The van der Waals surface area contributed by atoms with Crippen LogP contribution in [0, 0.1) is 13.8 Å². The number of benzene rings is 2. The first kappa shape index (κ1) is 22.1. The van der Waals surface area contributed by atoms with Gasteiger partial charge in [-0.2, -0.15) is 0 Å². The van der Waals surface area contributed by atoms with E-state index in [1.165, 1.54) is 4.68 Å². The fourth-order valence-corrected chi connectivity index (χ4v) is 3.17. The van der Waals surface area contributed by atoms with Crippen LogP contribution in [0.3, 0.4) is 0 Å². The van der Waals surface area contributed by atoms with Gasteiger partial charge in [0.25, 0.3) is 0 Å². The molecule has 3 aromatic rings. The summed E-state index contributed by atoms with van der Waals surface area (Å²) in [5, 5.41) is 12.2. The second-order valence-electron chi connectivity index (χ2n) is 7.14. The minimum absolute atomic E-state index is 0.116. The normalized spacial score (nSPS) is 10.5. The molecule has 0 saturated heterocycles. The van der Waals surface area contributed by atoms with Crippen molar-refractivity contribution in [1.29, 1.82) is 0 Å². The minimum atomic E-state index is -0.959. The maximum Gasteiger partial charge on any atom is 0.328 e. The van der Waals surface area contributed by atoms with Crippen molar-refractivity contribution in [2.75, 3.05) is 10.7 Å². The number of aromatic nitrogens is 1.